The molecule has 0 atom stereocenters. The van der Waals surface area contributed by atoms with Gasteiger partial charge in [0.05, 0.1) is 20.7 Å². The second kappa shape index (κ2) is 8.03. The average molecular weight is 473 g/mol. The summed E-state index contributed by atoms with van der Waals surface area (Å²) in [6.07, 6.45) is 1.12. The Morgan fingerprint density at radius 1 is 1.04 bits per heavy atom. The number of nitrogens with zero attached hydrogens (tertiary/aromatic N) is 3. The number of benzene rings is 2. The Morgan fingerprint density at radius 2 is 1.74 bits per heavy atom. The Kier molecular flexibility index (Phi) is 5.73. The number of aromatic nitrogens is 2. The molecule has 0 amide bonds. The molecule has 0 aliphatic heterocycles. The van der Waals surface area contributed by atoms with Gasteiger partial charge in [-0.15, -0.1) is 0 Å². The molecule has 2 aromatic carbocycles. The van der Waals surface area contributed by atoms with E-state index in [0.29, 0.717) is 15.2 Å². The Balaban J connectivity index is 1.99. The van der Waals surface area contributed by atoms with Gasteiger partial charge in [0.2, 0.25) is 11.6 Å². The van der Waals surface area contributed by atoms with Crippen LogP contribution in [0.5, 0.6) is 0 Å². The van der Waals surface area contributed by atoms with E-state index in [9.17, 15) is 14.5 Å². The lowest BCUT2D eigenvalue weighted by molar-refractivity contribution is -0.383. The highest BCUT2D eigenvalue weighted by atomic mass is 79.9. The van der Waals surface area contributed by atoms with Crippen molar-refractivity contribution in [2.24, 2.45) is 0 Å². The van der Waals surface area contributed by atoms with E-state index in [-0.39, 0.29) is 22.3 Å². The Labute approximate surface area is 170 Å². The fourth-order valence-electron chi connectivity index (χ4n) is 2.16. The molecular weight excluding hydrogens is 464 g/mol. The number of nitrogens with one attached hydrogen (secondary N) is 2. The van der Waals surface area contributed by atoms with Crippen molar-refractivity contribution in [1.82, 2.24) is 9.97 Å². The van der Waals surface area contributed by atoms with Crippen LogP contribution in [-0.2, 0) is 0 Å². The second-order valence-corrected chi connectivity index (χ2v) is 6.91. The number of rotatable bonds is 5. The molecule has 0 fully saturated rings. The SMILES string of the molecule is O=[N+]([O-])c1c(Nc2ccc(Cl)c(Cl)c2)ncnc1Nc1ccc(Br)cc1F. The zero-order valence-electron chi connectivity index (χ0n) is 13.2. The van der Waals surface area contributed by atoms with E-state index >= 15 is 0 Å². The Morgan fingerprint density at radius 3 is 2.37 bits per heavy atom. The normalized spacial score (nSPS) is 10.5. The molecule has 0 unspecified atom stereocenters. The van der Waals surface area contributed by atoms with Gasteiger partial charge in [0.25, 0.3) is 0 Å². The highest BCUT2D eigenvalue weighted by molar-refractivity contribution is 9.10. The molecule has 1 aromatic heterocycles. The minimum Gasteiger partial charge on any atom is -0.334 e. The standard InChI is InChI=1S/C16H9BrCl2FN5O2/c17-8-1-4-13(12(20)5-8)24-16-14(25(26)27)15(21-7-22-16)23-9-2-3-10(18)11(19)6-9/h1-7H,(H2,21,22,23,24). The largest absolute Gasteiger partial charge is 0.353 e. The number of hydrogen-bond acceptors (Lipinski definition) is 6. The molecule has 2 N–H and O–H groups in total. The van der Waals surface area contributed by atoms with Crippen LogP contribution in [0.1, 0.15) is 0 Å². The first-order valence-electron chi connectivity index (χ1n) is 7.28. The van der Waals surface area contributed by atoms with Gasteiger partial charge >= 0.3 is 5.69 Å². The van der Waals surface area contributed by atoms with Crippen molar-refractivity contribution in [3.8, 4) is 0 Å². The molecule has 1 heterocycles. The summed E-state index contributed by atoms with van der Waals surface area (Å²) in [7, 11) is 0. The van der Waals surface area contributed by atoms with Gasteiger partial charge in [-0.05, 0) is 36.4 Å². The Hall–Kier alpha value is -2.49. The molecule has 138 valence electrons. The lowest BCUT2D eigenvalue weighted by atomic mass is 10.3. The summed E-state index contributed by atoms with van der Waals surface area (Å²) >= 11 is 15.0. The maximum Gasteiger partial charge on any atom is 0.353 e. The van der Waals surface area contributed by atoms with Crippen LogP contribution in [0.25, 0.3) is 0 Å². The number of nitro groups is 1. The molecule has 27 heavy (non-hydrogen) atoms. The van der Waals surface area contributed by atoms with Gasteiger partial charge in [0, 0.05) is 10.2 Å². The third-order valence-electron chi connectivity index (χ3n) is 3.37. The molecule has 0 saturated heterocycles. The minimum atomic E-state index is -0.668. The van der Waals surface area contributed by atoms with Crippen LogP contribution in [0.15, 0.2) is 47.2 Å². The van der Waals surface area contributed by atoms with Crippen molar-refractivity contribution < 1.29 is 9.31 Å². The quantitative estimate of drug-likeness (QED) is 0.345. The zero-order valence-corrected chi connectivity index (χ0v) is 16.3. The third-order valence-corrected chi connectivity index (χ3v) is 4.60. The first-order chi connectivity index (χ1) is 12.8. The zero-order chi connectivity index (χ0) is 19.6. The molecule has 0 aliphatic rings. The molecule has 0 aliphatic carbocycles. The molecule has 7 nitrogen and oxygen atoms in total. The number of halogens is 4. The molecule has 3 rings (SSSR count). The first kappa shape index (κ1) is 19.3. The van der Waals surface area contributed by atoms with Crippen molar-refractivity contribution in [2.75, 3.05) is 10.6 Å². The van der Waals surface area contributed by atoms with E-state index in [2.05, 4.69) is 36.5 Å². The topological polar surface area (TPSA) is 93.0 Å². The van der Waals surface area contributed by atoms with Gasteiger partial charge in [0.1, 0.15) is 12.1 Å². The van der Waals surface area contributed by atoms with Gasteiger partial charge in [-0.1, -0.05) is 39.1 Å². The summed E-state index contributed by atoms with van der Waals surface area (Å²) in [6, 6.07) is 8.86. The summed E-state index contributed by atoms with van der Waals surface area (Å²) in [4.78, 5) is 18.7. The summed E-state index contributed by atoms with van der Waals surface area (Å²) in [5.41, 5.74) is 0.0124. The van der Waals surface area contributed by atoms with Crippen molar-refractivity contribution in [2.45, 2.75) is 0 Å². The van der Waals surface area contributed by atoms with Crippen molar-refractivity contribution in [1.29, 1.82) is 0 Å². The van der Waals surface area contributed by atoms with E-state index in [1.807, 2.05) is 0 Å². The fraction of sp³-hybridized carbons (Fsp3) is 0. The summed E-state index contributed by atoms with van der Waals surface area (Å²) < 4.78 is 14.6. The van der Waals surface area contributed by atoms with Crippen molar-refractivity contribution in [3.63, 3.8) is 0 Å². The molecule has 0 bridgehead atoms. The molecule has 0 radical (unpaired) electrons. The maximum absolute atomic E-state index is 14.1. The van der Waals surface area contributed by atoms with Crippen LogP contribution >= 0.6 is 39.1 Å². The predicted octanol–water partition coefficient (Wildman–Crippen LogP) is 6.08. The summed E-state index contributed by atoms with van der Waals surface area (Å²) in [5.74, 6) is -0.858. The van der Waals surface area contributed by atoms with Crippen LogP contribution in [0, 0.1) is 15.9 Å². The average Bonchev–Trinajstić information content (AvgIpc) is 2.60. The van der Waals surface area contributed by atoms with Crippen molar-refractivity contribution in [3.05, 3.63) is 73.2 Å². The van der Waals surface area contributed by atoms with E-state index in [4.69, 9.17) is 23.2 Å². The van der Waals surface area contributed by atoms with Crippen LogP contribution in [0.3, 0.4) is 0 Å². The van der Waals surface area contributed by atoms with Crippen LogP contribution < -0.4 is 10.6 Å². The van der Waals surface area contributed by atoms with E-state index in [1.165, 1.54) is 24.3 Å². The van der Waals surface area contributed by atoms with Crippen LogP contribution in [0.4, 0.5) is 33.1 Å². The van der Waals surface area contributed by atoms with E-state index in [1.54, 1.807) is 12.1 Å². The van der Waals surface area contributed by atoms with Gasteiger partial charge in [0.15, 0.2) is 0 Å². The highest BCUT2D eigenvalue weighted by Crippen LogP contribution is 2.35. The third kappa shape index (κ3) is 4.44. The lowest BCUT2D eigenvalue weighted by Gasteiger charge is -2.11. The van der Waals surface area contributed by atoms with Crippen LogP contribution in [0.2, 0.25) is 10.0 Å². The minimum absolute atomic E-state index is 0.0282. The van der Waals surface area contributed by atoms with E-state index in [0.717, 1.165) is 6.33 Å². The Bertz CT molecular complexity index is 1040. The van der Waals surface area contributed by atoms with Crippen molar-refractivity contribution >= 4 is 67.8 Å². The molecule has 3 aromatic rings. The maximum atomic E-state index is 14.1. The highest BCUT2D eigenvalue weighted by Gasteiger charge is 2.24. The molecular formula is C16H9BrCl2FN5O2. The molecule has 0 spiro atoms. The smallest absolute Gasteiger partial charge is 0.334 e. The van der Waals surface area contributed by atoms with Crippen LogP contribution in [-0.4, -0.2) is 14.9 Å². The predicted molar refractivity (Wildman–Crippen MR) is 106 cm³/mol. The lowest BCUT2D eigenvalue weighted by Crippen LogP contribution is -2.06. The summed E-state index contributed by atoms with van der Waals surface area (Å²) in [6.45, 7) is 0. The monoisotopic (exact) mass is 471 g/mol. The van der Waals surface area contributed by atoms with Gasteiger partial charge < -0.3 is 10.6 Å². The second-order valence-electron chi connectivity index (χ2n) is 5.18. The summed E-state index contributed by atoms with van der Waals surface area (Å²) in [5, 5.41) is 17.6. The van der Waals surface area contributed by atoms with Gasteiger partial charge in [-0.25, -0.2) is 14.4 Å². The van der Waals surface area contributed by atoms with Gasteiger partial charge in [-0.3, -0.25) is 10.1 Å². The first-order valence-corrected chi connectivity index (χ1v) is 8.83. The molecule has 11 heteroatoms. The number of hydrogen-bond donors (Lipinski definition) is 2. The fourth-order valence-corrected chi connectivity index (χ4v) is 2.79. The molecule has 0 saturated carbocycles. The number of anilines is 4. The van der Waals surface area contributed by atoms with E-state index < -0.39 is 16.4 Å². The van der Waals surface area contributed by atoms with Gasteiger partial charge in [-0.2, -0.15) is 0 Å².